The van der Waals surface area contributed by atoms with Gasteiger partial charge in [0.05, 0.1) is 0 Å². The second-order valence-corrected chi connectivity index (χ2v) is 6.17. The van der Waals surface area contributed by atoms with E-state index in [2.05, 4.69) is 24.3 Å². The standard InChI is InChI=1S/C22H16O2/c1-14-20(22(24)19-9-5-4-8-18(19)21(14)23)13-15-10-11-16-6-2-3-7-17(16)12-15/h2-12H,13H2,1H3. The van der Waals surface area contributed by atoms with E-state index in [0.717, 1.165) is 10.9 Å². The van der Waals surface area contributed by atoms with Gasteiger partial charge in [-0.05, 0) is 23.3 Å². The van der Waals surface area contributed by atoms with E-state index in [0.29, 0.717) is 28.7 Å². The number of allylic oxidation sites excluding steroid dienone is 2. The van der Waals surface area contributed by atoms with Crippen LogP contribution in [0, 0.1) is 0 Å². The average molecular weight is 312 g/mol. The van der Waals surface area contributed by atoms with E-state index in [-0.39, 0.29) is 11.6 Å². The van der Waals surface area contributed by atoms with Gasteiger partial charge in [-0.3, -0.25) is 9.59 Å². The van der Waals surface area contributed by atoms with Crippen molar-refractivity contribution in [2.45, 2.75) is 13.3 Å². The Balaban J connectivity index is 1.76. The Bertz CT molecular complexity index is 1020. The van der Waals surface area contributed by atoms with E-state index >= 15 is 0 Å². The topological polar surface area (TPSA) is 34.1 Å². The van der Waals surface area contributed by atoms with Crippen molar-refractivity contribution in [1.82, 2.24) is 0 Å². The van der Waals surface area contributed by atoms with Crippen LogP contribution < -0.4 is 0 Å². The summed E-state index contributed by atoms with van der Waals surface area (Å²) < 4.78 is 0. The molecule has 116 valence electrons. The molecule has 0 atom stereocenters. The van der Waals surface area contributed by atoms with Crippen molar-refractivity contribution >= 4 is 22.3 Å². The molecule has 0 N–H and O–H groups in total. The normalized spacial score (nSPS) is 14.2. The number of ketones is 2. The summed E-state index contributed by atoms with van der Waals surface area (Å²) in [6.45, 7) is 1.76. The Morgan fingerprint density at radius 1 is 0.708 bits per heavy atom. The zero-order chi connectivity index (χ0) is 16.7. The van der Waals surface area contributed by atoms with Crippen LogP contribution in [0.1, 0.15) is 33.2 Å². The number of hydrogen-bond donors (Lipinski definition) is 0. The smallest absolute Gasteiger partial charge is 0.190 e. The van der Waals surface area contributed by atoms with Crippen LogP contribution in [0.3, 0.4) is 0 Å². The summed E-state index contributed by atoms with van der Waals surface area (Å²) in [4.78, 5) is 25.4. The van der Waals surface area contributed by atoms with Gasteiger partial charge >= 0.3 is 0 Å². The summed E-state index contributed by atoms with van der Waals surface area (Å²) in [6, 6.07) is 21.4. The molecule has 2 nitrogen and oxygen atoms in total. The number of rotatable bonds is 2. The van der Waals surface area contributed by atoms with Crippen LogP contribution in [0.15, 0.2) is 77.9 Å². The van der Waals surface area contributed by atoms with Gasteiger partial charge in [0.2, 0.25) is 0 Å². The Hall–Kier alpha value is -3.00. The first-order valence-corrected chi connectivity index (χ1v) is 8.01. The van der Waals surface area contributed by atoms with Crippen LogP contribution in [0.25, 0.3) is 10.8 Å². The summed E-state index contributed by atoms with van der Waals surface area (Å²) in [7, 11) is 0. The number of Topliss-reactive ketones (excluding diaryl/α,β-unsaturated/α-hetero) is 2. The van der Waals surface area contributed by atoms with E-state index in [9.17, 15) is 9.59 Å². The number of benzene rings is 3. The molecule has 0 bridgehead atoms. The molecule has 0 saturated heterocycles. The van der Waals surface area contributed by atoms with Crippen molar-refractivity contribution in [3.05, 3.63) is 94.6 Å². The summed E-state index contributed by atoms with van der Waals surface area (Å²) in [5, 5.41) is 2.31. The predicted molar refractivity (Wildman–Crippen MR) is 95.5 cm³/mol. The SMILES string of the molecule is CC1=C(Cc2ccc3ccccc3c2)C(=O)c2ccccc2C1=O. The molecule has 0 unspecified atom stereocenters. The molecule has 0 saturated carbocycles. The quantitative estimate of drug-likeness (QED) is 0.682. The van der Waals surface area contributed by atoms with Crippen molar-refractivity contribution in [3.8, 4) is 0 Å². The lowest BCUT2D eigenvalue weighted by atomic mass is 9.82. The number of hydrogen-bond acceptors (Lipinski definition) is 2. The highest BCUT2D eigenvalue weighted by Gasteiger charge is 2.29. The lowest BCUT2D eigenvalue weighted by Gasteiger charge is -2.19. The van der Waals surface area contributed by atoms with Crippen LogP contribution in [-0.4, -0.2) is 11.6 Å². The molecule has 0 amide bonds. The highest BCUT2D eigenvalue weighted by molar-refractivity contribution is 6.26. The van der Waals surface area contributed by atoms with Crippen LogP contribution in [0.4, 0.5) is 0 Å². The van der Waals surface area contributed by atoms with E-state index < -0.39 is 0 Å². The first-order valence-electron chi connectivity index (χ1n) is 8.01. The lowest BCUT2D eigenvalue weighted by Crippen LogP contribution is -2.22. The summed E-state index contributed by atoms with van der Waals surface area (Å²) in [5.41, 5.74) is 3.25. The number of fused-ring (bicyclic) bond motifs is 2. The fraction of sp³-hybridized carbons (Fsp3) is 0.0909. The minimum atomic E-state index is -0.0408. The van der Waals surface area contributed by atoms with E-state index in [1.807, 2.05) is 18.2 Å². The van der Waals surface area contributed by atoms with Crippen molar-refractivity contribution in [2.75, 3.05) is 0 Å². The predicted octanol–water partition coefficient (Wildman–Crippen LogP) is 4.78. The maximum atomic E-state index is 12.8. The highest BCUT2D eigenvalue weighted by Crippen LogP contribution is 2.29. The van der Waals surface area contributed by atoms with Crippen LogP contribution in [0.5, 0.6) is 0 Å². The monoisotopic (exact) mass is 312 g/mol. The van der Waals surface area contributed by atoms with Crippen molar-refractivity contribution < 1.29 is 9.59 Å². The third-order valence-corrected chi connectivity index (χ3v) is 4.68. The Morgan fingerprint density at radius 3 is 2.08 bits per heavy atom. The summed E-state index contributed by atoms with van der Waals surface area (Å²) in [6.07, 6.45) is 0.482. The van der Waals surface area contributed by atoms with Crippen molar-refractivity contribution in [1.29, 1.82) is 0 Å². The van der Waals surface area contributed by atoms with Gasteiger partial charge in [0.1, 0.15) is 0 Å². The minimum Gasteiger partial charge on any atom is -0.289 e. The Morgan fingerprint density at radius 2 is 1.33 bits per heavy atom. The first-order chi connectivity index (χ1) is 11.6. The van der Waals surface area contributed by atoms with Gasteiger partial charge in [-0.25, -0.2) is 0 Å². The van der Waals surface area contributed by atoms with Gasteiger partial charge in [0, 0.05) is 28.7 Å². The zero-order valence-electron chi connectivity index (χ0n) is 13.4. The summed E-state index contributed by atoms with van der Waals surface area (Å²) >= 11 is 0. The molecule has 3 aromatic rings. The Labute approximate surface area is 140 Å². The van der Waals surface area contributed by atoms with E-state index in [1.54, 1.807) is 31.2 Å². The fourth-order valence-corrected chi connectivity index (χ4v) is 3.32. The van der Waals surface area contributed by atoms with Crippen molar-refractivity contribution in [3.63, 3.8) is 0 Å². The van der Waals surface area contributed by atoms with Gasteiger partial charge in [0.15, 0.2) is 11.6 Å². The van der Waals surface area contributed by atoms with Crippen LogP contribution in [-0.2, 0) is 6.42 Å². The molecule has 0 spiro atoms. The van der Waals surface area contributed by atoms with E-state index in [1.165, 1.54) is 5.39 Å². The third kappa shape index (κ3) is 2.28. The van der Waals surface area contributed by atoms with Crippen LogP contribution >= 0.6 is 0 Å². The molecule has 0 heterocycles. The van der Waals surface area contributed by atoms with Gasteiger partial charge in [-0.2, -0.15) is 0 Å². The molecule has 0 aliphatic heterocycles. The number of carbonyl (C=O) groups excluding carboxylic acids is 2. The molecule has 1 aliphatic carbocycles. The maximum absolute atomic E-state index is 12.8. The summed E-state index contributed by atoms with van der Waals surface area (Å²) in [5.74, 6) is -0.0724. The third-order valence-electron chi connectivity index (χ3n) is 4.68. The van der Waals surface area contributed by atoms with Gasteiger partial charge in [0.25, 0.3) is 0 Å². The first kappa shape index (κ1) is 14.6. The van der Waals surface area contributed by atoms with Crippen LogP contribution in [0.2, 0.25) is 0 Å². The molecule has 0 aromatic heterocycles. The zero-order valence-corrected chi connectivity index (χ0v) is 13.4. The van der Waals surface area contributed by atoms with Gasteiger partial charge in [-0.15, -0.1) is 0 Å². The molecule has 2 heteroatoms. The lowest BCUT2D eigenvalue weighted by molar-refractivity contribution is 0.0973. The average Bonchev–Trinajstić information content (AvgIpc) is 2.63. The maximum Gasteiger partial charge on any atom is 0.190 e. The molecular formula is C22H16O2. The van der Waals surface area contributed by atoms with Gasteiger partial charge in [-0.1, -0.05) is 66.7 Å². The largest absolute Gasteiger partial charge is 0.289 e. The molecule has 3 aromatic carbocycles. The molecule has 4 rings (SSSR count). The second kappa shape index (κ2) is 5.57. The van der Waals surface area contributed by atoms with Crippen molar-refractivity contribution in [2.24, 2.45) is 0 Å². The molecular weight excluding hydrogens is 296 g/mol. The molecule has 1 aliphatic rings. The Kier molecular flexibility index (Phi) is 3.39. The number of carbonyl (C=O) groups is 2. The van der Waals surface area contributed by atoms with Gasteiger partial charge < -0.3 is 0 Å². The highest BCUT2D eigenvalue weighted by atomic mass is 16.1. The minimum absolute atomic E-state index is 0.0316. The molecule has 24 heavy (non-hydrogen) atoms. The molecule has 0 fully saturated rings. The fourth-order valence-electron chi connectivity index (χ4n) is 3.32. The second-order valence-electron chi connectivity index (χ2n) is 6.17. The van der Waals surface area contributed by atoms with E-state index in [4.69, 9.17) is 0 Å². The molecule has 0 radical (unpaired) electrons.